The monoisotopic (exact) mass is 384 g/mol. The summed E-state index contributed by atoms with van der Waals surface area (Å²) in [6, 6.07) is 17.4. The first-order valence-corrected chi connectivity index (χ1v) is 8.28. The Morgan fingerprint density at radius 3 is 2.18 bits per heavy atom. The molecule has 0 saturated carbocycles. The Kier molecular flexibility index (Phi) is 4.43. The summed E-state index contributed by atoms with van der Waals surface area (Å²) in [4.78, 5) is 0. The maximum absolute atomic E-state index is 13.2. The topological polar surface area (TPSA) is 35.0 Å². The van der Waals surface area contributed by atoms with Crippen LogP contribution in [0, 0.1) is 5.82 Å². The van der Waals surface area contributed by atoms with E-state index in [1.54, 1.807) is 36.4 Å². The number of rotatable bonds is 3. The van der Waals surface area contributed by atoms with Gasteiger partial charge in [-0.15, -0.1) is 10.2 Å². The minimum atomic E-state index is -4.47. The van der Waals surface area contributed by atoms with Crippen LogP contribution in [0.3, 0.4) is 0 Å². The Balaban J connectivity index is 1.78. The van der Waals surface area contributed by atoms with Gasteiger partial charge in [0.15, 0.2) is 0 Å². The molecule has 4 aromatic rings. The van der Waals surface area contributed by atoms with Gasteiger partial charge in [0.25, 0.3) is 0 Å². The van der Waals surface area contributed by atoms with Gasteiger partial charge >= 0.3 is 6.18 Å². The second-order valence-corrected chi connectivity index (χ2v) is 6.03. The summed E-state index contributed by atoms with van der Waals surface area (Å²) in [5, 5.41) is 9.46. The number of alkyl halides is 3. The van der Waals surface area contributed by atoms with E-state index in [-0.39, 0.29) is 17.4 Å². The molecule has 0 N–H and O–H groups in total. The number of hydrogen-bond acceptors (Lipinski definition) is 3. The summed E-state index contributed by atoms with van der Waals surface area (Å²) in [5.41, 5.74) is 0.368. The summed E-state index contributed by atoms with van der Waals surface area (Å²) >= 11 is 0. The number of aromatic nitrogens is 2. The van der Waals surface area contributed by atoms with Gasteiger partial charge in [-0.3, -0.25) is 0 Å². The van der Waals surface area contributed by atoms with Crippen LogP contribution in [0.1, 0.15) is 5.56 Å². The van der Waals surface area contributed by atoms with Gasteiger partial charge < -0.3 is 4.74 Å². The van der Waals surface area contributed by atoms with E-state index in [2.05, 4.69) is 10.2 Å². The van der Waals surface area contributed by atoms with Gasteiger partial charge in [-0.2, -0.15) is 13.2 Å². The molecule has 0 saturated heterocycles. The molecule has 0 aliphatic rings. The second kappa shape index (κ2) is 6.92. The molecule has 0 fully saturated rings. The molecule has 3 aromatic carbocycles. The van der Waals surface area contributed by atoms with E-state index in [4.69, 9.17) is 4.74 Å². The standard InChI is InChI=1S/C21H12F4N2O/c22-15-10-8-13(9-11-15)19-17-6-1-2-7-18(17)20(27-26-19)28-16-5-3-4-14(12-16)21(23,24)25/h1-12H. The quantitative estimate of drug-likeness (QED) is 0.392. The predicted octanol–water partition coefficient (Wildman–Crippen LogP) is 6.25. The van der Waals surface area contributed by atoms with Crippen molar-refractivity contribution in [2.24, 2.45) is 0 Å². The molecule has 140 valence electrons. The number of halogens is 4. The zero-order valence-electron chi connectivity index (χ0n) is 14.2. The van der Waals surface area contributed by atoms with Crippen LogP contribution in [0.25, 0.3) is 22.0 Å². The highest BCUT2D eigenvalue weighted by Gasteiger charge is 2.30. The molecule has 0 amide bonds. The van der Waals surface area contributed by atoms with Crippen molar-refractivity contribution in [3.63, 3.8) is 0 Å². The highest BCUT2D eigenvalue weighted by molar-refractivity contribution is 5.97. The number of hydrogen-bond donors (Lipinski definition) is 0. The molecule has 4 rings (SSSR count). The maximum atomic E-state index is 13.2. The molecule has 3 nitrogen and oxygen atoms in total. The zero-order valence-corrected chi connectivity index (χ0v) is 14.2. The van der Waals surface area contributed by atoms with Crippen LogP contribution in [0.4, 0.5) is 17.6 Å². The van der Waals surface area contributed by atoms with Gasteiger partial charge in [0.05, 0.1) is 5.56 Å². The van der Waals surface area contributed by atoms with Gasteiger partial charge in [-0.1, -0.05) is 24.3 Å². The van der Waals surface area contributed by atoms with E-state index in [9.17, 15) is 17.6 Å². The maximum Gasteiger partial charge on any atom is 0.416 e. The van der Waals surface area contributed by atoms with E-state index >= 15 is 0 Å². The van der Waals surface area contributed by atoms with Gasteiger partial charge in [-0.05, 0) is 48.5 Å². The van der Waals surface area contributed by atoms with Gasteiger partial charge in [0.1, 0.15) is 17.3 Å². The van der Waals surface area contributed by atoms with E-state index in [0.717, 1.165) is 12.1 Å². The summed E-state index contributed by atoms with van der Waals surface area (Å²) < 4.78 is 57.6. The number of benzene rings is 3. The fourth-order valence-electron chi connectivity index (χ4n) is 2.82. The van der Waals surface area contributed by atoms with Crippen LogP contribution >= 0.6 is 0 Å². The molecule has 0 radical (unpaired) electrons. The SMILES string of the molecule is Fc1ccc(-c2nnc(Oc3cccc(C(F)(F)F)c3)c3ccccc23)cc1. The first kappa shape index (κ1) is 17.9. The molecule has 1 heterocycles. The first-order valence-electron chi connectivity index (χ1n) is 8.28. The molecular formula is C21H12F4N2O. The molecule has 0 aliphatic carbocycles. The molecule has 0 atom stereocenters. The Labute approximate surface area is 157 Å². The van der Waals surface area contributed by atoms with Crippen LogP contribution < -0.4 is 4.74 Å². The van der Waals surface area contributed by atoms with Crippen LogP contribution in [-0.4, -0.2) is 10.2 Å². The number of fused-ring (bicyclic) bond motifs is 1. The van der Waals surface area contributed by atoms with E-state index < -0.39 is 11.7 Å². The lowest BCUT2D eigenvalue weighted by atomic mass is 10.1. The van der Waals surface area contributed by atoms with Crippen LogP contribution in [0.5, 0.6) is 11.6 Å². The fourth-order valence-corrected chi connectivity index (χ4v) is 2.82. The smallest absolute Gasteiger partial charge is 0.416 e. The fraction of sp³-hybridized carbons (Fsp3) is 0.0476. The summed E-state index contributed by atoms with van der Waals surface area (Å²) in [5.74, 6) is -0.282. The lowest BCUT2D eigenvalue weighted by molar-refractivity contribution is -0.137. The molecule has 1 aromatic heterocycles. The Morgan fingerprint density at radius 1 is 0.750 bits per heavy atom. The summed E-state index contributed by atoms with van der Waals surface area (Å²) in [7, 11) is 0. The molecule has 28 heavy (non-hydrogen) atoms. The van der Waals surface area contributed by atoms with Crippen molar-refractivity contribution in [2.45, 2.75) is 6.18 Å². The number of ether oxygens (including phenoxy) is 1. The minimum absolute atomic E-state index is 0.00353. The van der Waals surface area contributed by atoms with E-state index in [1.807, 2.05) is 0 Å². The third-order valence-corrected chi connectivity index (χ3v) is 4.15. The molecule has 0 aliphatic heterocycles. The lowest BCUT2D eigenvalue weighted by Gasteiger charge is -2.12. The van der Waals surface area contributed by atoms with Crippen molar-refractivity contribution in [1.29, 1.82) is 0 Å². The lowest BCUT2D eigenvalue weighted by Crippen LogP contribution is -2.04. The molecule has 7 heteroatoms. The van der Waals surface area contributed by atoms with Crippen LogP contribution in [0.2, 0.25) is 0 Å². The Bertz CT molecular complexity index is 1140. The van der Waals surface area contributed by atoms with Gasteiger partial charge in [0, 0.05) is 16.3 Å². The predicted molar refractivity (Wildman–Crippen MR) is 96.5 cm³/mol. The molecule has 0 spiro atoms. The second-order valence-electron chi connectivity index (χ2n) is 6.03. The van der Waals surface area contributed by atoms with Crippen molar-refractivity contribution in [2.75, 3.05) is 0 Å². The highest BCUT2D eigenvalue weighted by atomic mass is 19.4. The normalized spacial score (nSPS) is 11.6. The van der Waals surface area contributed by atoms with Gasteiger partial charge in [0.2, 0.25) is 5.88 Å². The van der Waals surface area contributed by atoms with Crippen molar-refractivity contribution in [1.82, 2.24) is 10.2 Å². The van der Waals surface area contributed by atoms with Crippen molar-refractivity contribution in [3.8, 4) is 22.9 Å². The average Bonchev–Trinajstić information content (AvgIpc) is 2.69. The zero-order chi connectivity index (χ0) is 19.7. The largest absolute Gasteiger partial charge is 0.437 e. The van der Waals surface area contributed by atoms with Crippen molar-refractivity contribution in [3.05, 3.63) is 84.2 Å². The van der Waals surface area contributed by atoms with Crippen molar-refractivity contribution < 1.29 is 22.3 Å². The number of nitrogens with zero attached hydrogens (tertiary/aromatic N) is 2. The van der Waals surface area contributed by atoms with E-state index in [0.29, 0.717) is 22.0 Å². The summed E-state index contributed by atoms with van der Waals surface area (Å²) in [6.45, 7) is 0. The minimum Gasteiger partial charge on any atom is -0.437 e. The van der Waals surface area contributed by atoms with Crippen LogP contribution in [-0.2, 0) is 6.18 Å². The molecule has 0 unspecified atom stereocenters. The molecule has 0 bridgehead atoms. The third-order valence-electron chi connectivity index (χ3n) is 4.15. The van der Waals surface area contributed by atoms with E-state index in [1.165, 1.54) is 24.3 Å². The highest BCUT2D eigenvalue weighted by Crippen LogP contribution is 2.35. The third kappa shape index (κ3) is 3.51. The average molecular weight is 384 g/mol. The Morgan fingerprint density at radius 2 is 1.46 bits per heavy atom. The Hall–Kier alpha value is -3.48. The summed E-state index contributed by atoms with van der Waals surface area (Å²) in [6.07, 6.45) is -4.47. The van der Waals surface area contributed by atoms with Crippen molar-refractivity contribution >= 4 is 10.8 Å². The first-order chi connectivity index (χ1) is 13.4. The van der Waals surface area contributed by atoms with Gasteiger partial charge in [-0.25, -0.2) is 4.39 Å². The van der Waals surface area contributed by atoms with Crippen LogP contribution in [0.15, 0.2) is 72.8 Å². The molecular weight excluding hydrogens is 372 g/mol.